The van der Waals surface area contributed by atoms with Gasteiger partial charge < -0.3 is 4.90 Å². The summed E-state index contributed by atoms with van der Waals surface area (Å²) < 4.78 is 0. The molecule has 5 nitrogen and oxygen atoms in total. The third-order valence-corrected chi connectivity index (χ3v) is 5.20. The summed E-state index contributed by atoms with van der Waals surface area (Å²) in [7, 11) is 0. The Morgan fingerprint density at radius 1 is 0.917 bits per heavy atom. The van der Waals surface area contributed by atoms with E-state index in [1.165, 1.54) is 5.56 Å². The molecule has 6 heteroatoms. The van der Waals surface area contributed by atoms with E-state index in [0.29, 0.717) is 0 Å². The lowest BCUT2D eigenvalue weighted by molar-refractivity contribution is 0.251. The third kappa shape index (κ3) is 3.39. The zero-order valence-electron chi connectivity index (χ0n) is 13.6. The highest BCUT2D eigenvalue weighted by Crippen LogP contribution is 2.25. The van der Waals surface area contributed by atoms with E-state index in [-0.39, 0.29) is 0 Å². The molecule has 1 fully saturated rings. The van der Waals surface area contributed by atoms with Gasteiger partial charge in [0.15, 0.2) is 5.82 Å². The summed E-state index contributed by atoms with van der Waals surface area (Å²) in [4.78, 5) is 19.2. The van der Waals surface area contributed by atoms with Crippen molar-refractivity contribution in [2.45, 2.75) is 19.4 Å². The maximum Gasteiger partial charge on any atom is 0.159 e. The summed E-state index contributed by atoms with van der Waals surface area (Å²) in [6.45, 7) is 5.34. The van der Waals surface area contributed by atoms with E-state index in [4.69, 9.17) is 0 Å². The lowest BCUT2D eigenvalue weighted by Crippen LogP contribution is -2.37. The highest BCUT2D eigenvalue weighted by molar-refractivity contribution is 7.16. The van der Waals surface area contributed by atoms with Gasteiger partial charge in [-0.05, 0) is 18.4 Å². The first-order valence-electron chi connectivity index (χ1n) is 8.45. The number of hydrogen-bond donors (Lipinski definition) is 0. The maximum absolute atomic E-state index is 4.51. The van der Waals surface area contributed by atoms with Crippen molar-refractivity contribution in [2.75, 3.05) is 31.1 Å². The van der Waals surface area contributed by atoms with E-state index in [1.807, 2.05) is 5.51 Å². The molecular formula is C18H21N5S. The number of anilines is 1. The van der Waals surface area contributed by atoms with E-state index in [1.54, 1.807) is 17.7 Å². The van der Waals surface area contributed by atoms with Crippen LogP contribution in [0.2, 0.25) is 0 Å². The molecular weight excluding hydrogens is 318 g/mol. The largest absolute Gasteiger partial charge is 0.355 e. The monoisotopic (exact) mass is 339 g/mol. The fourth-order valence-corrected chi connectivity index (χ4v) is 3.94. The van der Waals surface area contributed by atoms with Crippen molar-refractivity contribution in [1.82, 2.24) is 19.9 Å². The van der Waals surface area contributed by atoms with Crippen LogP contribution in [0.5, 0.6) is 0 Å². The molecule has 0 spiro atoms. The van der Waals surface area contributed by atoms with Gasteiger partial charge in [-0.3, -0.25) is 4.90 Å². The Morgan fingerprint density at radius 2 is 1.71 bits per heavy atom. The van der Waals surface area contributed by atoms with E-state index in [0.717, 1.165) is 61.7 Å². The number of nitrogens with zero attached hydrogens (tertiary/aromatic N) is 5. The van der Waals surface area contributed by atoms with E-state index in [9.17, 15) is 0 Å². The summed E-state index contributed by atoms with van der Waals surface area (Å²) in [5.74, 6) is 0.998. The molecule has 0 aliphatic carbocycles. The second-order valence-corrected chi connectivity index (χ2v) is 6.99. The molecule has 0 N–H and O–H groups in total. The summed E-state index contributed by atoms with van der Waals surface area (Å²) in [5.41, 5.74) is 4.20. The molecule has 1 saturated heterocycles. The molecule has 0 atom stereocenters. The Hall–Kier alpha value is -2.05. The molecule has 4 rings (SSSR count). The molecule has 1 aliphatic rings. The molecule has 0 radical (unpaired) electrons. The molecule has 0 unspecified atom stereocenters. The number of benzene rings is 1. The molecule has 3 aromatic rings. The fraction of sp³-hybridized carbons (Fsp3) is 0.389. The zero-order chi connectivity index (χ0) is 16.2. The lowest BCUT2D eigenvalue weighted by atomic mass is 10.2. The van der Waals surface area contributed by atoms with Gasteiger partial charge in [0.2, 0.25) is 0 Å². The van der Waals surface area contributed by atoms with Crippen LogP contribution in [0, 0.1) is 0 Å². The molecule has 0 bridgehead atoms. The smallest absolute Gasteiger partial charge is 0.159 e. The first kappa shape index (κ1) is 15.5. The Kier molecular flexibility index (Phi) is 4.66. The van der Waals surface area contributed by atoms with Crippen molar-refractivity contribution in [3.05, 3.63) is 47.7 Å². The standard InChI is InChI=1S/C18H21N5S/c1-2-6-15(7-3-1)12-22-8-4-10-23(11-5-9-22)17-16-18(20-13-19-17)24-14-21-16/h1-3,6-7,13-14H,4-5,8-12H2. The quantitative estimate of drug-likeness (QED) is 0.733. The number of thiazole rings is 1. The van der Waals surface area contributed by atoms with Crippen molar-refractivity contribution in [2.24, 2.45) is 0 Å². The van der Waals surface area contributed by atoms with Gasteiger partial charge in [-0.1, -0.05) is 30.3 Å². The molecule has 0 saturated carbocycles. The maximum atomic E-state index is 4.51. The van der Waals surface area contributed by atoms with Crippen LogP contribution >= 0.6 is 11.3 Å². The average Bonchev–Trinajstić information content (AvgIpc) is 3.07. The average molecular weight is 339 g/mol. The molecule has 1 aromatic carbocycles. The SMILES string of the molecule is c1ccc(CN2CCCN(c3ncnc4scnc34)CCC2)cc1. The lowest BCUT2D eigenvalue weighted by Gasteiger charge is -2.31. The Labute approximate surface area is 146 Å². The summed E-state index contributed by atoms with van der Waals surface area (Å²) >= 11 is 1.58. The second-order valence-electron chi connectivity index (χ2n) is 6.16. The van der Waals surface area contributed by atoms with Crippen molar-refractivity contribution < 1.29 is 0 Å². The van der Waals surface area contributed by atoms with Gasteiger partial charge in [-0.2, -0.15) is 0 Å². The first-order valence-corrected chi connectivity index (χ1v) is 9.33. The highest BCUT2D eigenvalue weighted by Gasteiger charge is 2.17. The van der Waals surface area contributed by atoms with Crippen LogP contribution in [0.15, 0.2) is 42.2 Å². The molecule has 2 aromatic heterocycles. The van der Waals surface area contributed by atoms with Gasteiger partial charge in [0, 0.05) is 32.7 Å². The Morgan fingerprint density at radius 3 is 2.50 bits per heavy atom. The molecule has 0 amide bonds. The van der Waals surface area contributed by atoms with Gasteiger partial charge in [0.25, 0.3) is 0 Å². The minimum atomic E-state index is 0.948. The van der Waals surface area contributed by atoms with Crippen LogP contribution in [-0.4, -0.2) is 46.0 Å². The van der Waals surface area contributed by atoms with E-state index >= 15 is 0 Å². The summed E-state index contributed by atoms with van der Waals surface area (Å²) in [5, 5.41) is 0. The van der Waals surface area contributed by atoms with E-state index in [2.05, 4.69) is 55.1 Å². The number of fused-ring (bicyclic) bond motifs is 1. The summed E-state index contributed by atoms with van der Waals surface area (Å²) in [6.07, 6.45) is 3.95. The van der Waals surface area contributed by atoms with Crippen LogP contribution in [-0.2, 0) is 6.54 Å². The zero-order valence-corrected chi connectivity index (χ0v) is 14.5. The number of rotatable bonds is 3. The predicted molar refractivity (Wildman–Crippen MR) is 98.4 cm³/mol. The highest BCUT2D eigenvalue weighted by atomic mass is 32.1. The molecule has 1 aliphatic heterocycles. The second kappa shape index (κ2) is 7.23. The predicted octanol–water partition coefficient (Wildman–Crippen LogP) is 3.19. The topological polar surface area (TPSA) is 45.2 Å². The van der Waals surface area contributed by atoms with Crippen molar-refractivity contribution >= 4 is 27.5 Å². The van der Waals surface area contributed by atoms with Crippen molar-refractivity contribution in [3.8, 4) is 0 Å². The van der Waals surface area contributed by atoms with Crippen LogP contribution in [0.4, 0.5) is 5.82 Å². The molecule has 3 heterocycles. The van der Waals surface area contributed by atoms with E-state index < -0.39 is 0 Å². The van der Waals surface area contributed by atoms with Gasteiger partial charge in [0.1, 0.15) is 16.7 Å². The first-order chi connectivity index (χ1) is 11.9. The van der Waals surface area contributed by atoms with Gasteiger partial charge in [-0.15, -0.1) is 11.3 Å². The minimum Gasteiger partial charge on any atom is -0.355 e. The van der Waals surface area contributed by atoms with Crippen LogP contribution in [0.25, 0.3) is 10.3 Å². The fourth-order valence-electron chi connectivity index (χ4n) is 3.32. The van der Waals surface area contributed by atoms with Crippen molar-refractivity contribution in [1.29, 1.82) is 0 Å². The van der Waals surface area contributed by atoms with Crippen molar-refractivity contribution in [3.63, 3.8) is 0 Å². The van der Waals surface area contributed by atoms with Crippen LogP contribution < -0.4 is 4.90 Å². The number of aromatic nitrogens is 3. The molecule has 124 valence electrons. The Bertz CT molecular complexity index is 778. The molecule has 24 heavy (non-hydrogen) atoms. The Balaban J connectivity index is 1.42. The normalized spacial score (nSPS) is 16.9. The number of hydrogen-bond acceptors (Lipinski definition) is 6. The van der Waals surface area contributed by atoms with Gasteiger partial charge in [-0.25, -0.2) is 15.0 Å². The third-order valence-electron chi connectivity index (χ3n) is 4.47. The van der Waals surface area contributed by atoms with Gasteiger partial charge in [0.05, 0.1) is 5.51 Å². The summed E-state index contributed by atoms with van der Waals surface area (Å²) in [6, 6.07) is 10.7. The van der Waals surface area contributed by atoms with Crippen LogP contribution in [0.1, 0.15) is 18.4 Å². The minimum absolute atomic E-state index is 0.948. The van der Waals surface area contributed by atoms with Gasteiger partial charge >= 0.3 is 0 Å². The van der Waals surface area contributed by atoms with Crippen LogP contribution in [0.3, 0.4) is 0 Å².